The number of urea groups is 1. The molecule has 1 aliphatic rings. The molecule has 1 aromatic rings. The van der Waals surface area contributed by atoms with E-state index in [0.29, 0.717) is 31.8 Å². The molecule has 2 N–H and O–H groups in total. The maximum atomic E-state index is 11.6. The van der Waals surface area contributed by atoms with Crippen LogP contribution in [0, 0.1) is 0 Å². The molecule has 21 heavy (non-hydrogen) atoms. The van der Waals surface area contributed by atoms with Crippen LogP contribution in [-0.2, 0) is 4.74 Å². The number of nitrogens with zero attached hydrogens (tertiary/aromatic N) is 3. The SMILES string of the molecule is CCOC(=O)c1ccc(N2CCCN(C(N)=O)CC2)nc1. The third-order valence-electron chi connectivity index (χ3n) is 3.39. The first kappa shape index (κ1) is 15.1. The van der Waals surface area contributed by atoms with Crippen LogP contribution in [-0.4, -0.2) is 54.7 Å². The molecule has 0 saturated carbocycles. The van der Waals surface area contributed by atoms with Crippen molar-refractivity contribution in [3.8, 4) is 0 Å². The highest BCUT2D eigenvalue weighted by molar-refractivity contribution is 5.89. The van der Waals surface area contributed by atoms with Gasteiger partial charge in [-0.15, -0.1) is 0 Å². The van der Waals surface area contributed by atoms with Gasteiger partial charge in [0.15, 0.2) is 0 Å². The number of anilines is 1. The number of primary amides is 1. The maximum Gasteiger partial charge on any atom is 0.339 e. The summed E-state index contributed by atoms with van der Waals surface area (Å²) >= 11 is 0. The Labute approximate surface area is 123 Å². The van der Waals surface area contributed by atoms with Gasteiger partial charge in [-0.1, -0.05) is 0 Å². The Hall–Kier alpha value is -2.31. The lowest BCUT2D eigenvalue weighted by Gasteiger charge is -2.22. The van der Waals surface area contributed by atoms with E-state index in [1.54, 1.807) is 24.0 Å². The van der Waals surface area contributed by atoms with E-state index in [2.05, 4.69) is 9.88 Å². The van der Waals surface area contributed by atoms with Crippen molar-refractivity contribution in [2.45, 2.75) is 13.3 Å². The van der Waals surface area contributed by atoms with Crippen molar-refractivity contribution >= 4 is 17.8 Å². The van der Waals surface area contributed by atoms with Gasteiger partial charge < -0.3 is 20.3 Å². The minimum atomic E-state index is -0.387. The molecule has 0 bridgehead atoms. The van der Waals surface area contributed by atoms with Crippen LogP contribution in [0.4, 0.5) is 10.6 Å². The van der Waals surface area contributed by atoms with Gasteiger partial charge in [0.2, 0.25) is 0 Å². The average molecular weight is 292 g/mol. The Morgan fingerprint density at radius 1 is 1.29 bits per heavy atom. The number of ether oxygens (including phenoxy) is 1. The van der Waals surface area contributed by atoms with Gasteiger partial charge in [0.05, 0.1) is 12.2 Å². The normalized spacial score (nSPS) is 15.5. The third kappa shape index (κ3) is 3.84. The van der Waals surface area contributed by atoms with E-state index >= 15 is 0 Å². The summed E-state index contributed by atoms with van der Waals surface area (Å²) in [6.45, 7) is 4.82. The number of carbonyl (C=O) groups is 2. The second-order valence-electron chi connectivity index (χ2n) is 4.79. The van der Waals surface area contributed by atoms with Crippen molar-refractivity contribution < 1.29 is 14.3 Å². The van der Waals surface area contributed by atoms with E-state index in [4.69, 9.17) is 10.5 Å². The summed E-state index contributed by atoms with van der Waals surface area (Å²) in [6.07, 6.45) is 2.36. The Morgan fingerprint density at radius 2 is 2.10 bits per heavy atom. The quantitative estimate of drug-likeness (QED) is 0.834. The molecule has 2 heterocycles. The van der Waals surface area contributed by atoms with E-state index in [-0.39, 0.29) is 12.0 Å². The van der Waals surface area contributed by atoms with Gasteiger partial charge in [-0.3, -0.25) is 0 Å². The summed E-state index contributed by atoms with van der Waals surface area (Å²) < 4.78 is 4.92. The molecule has 2 amide bonds. The number of nitrogens with two attached hydrogens (primary N) is 1. The van der Waals surface area contributed by atoms with Gasteiger partial charge in [0.1, 0.15) is 5.82 Å². The van der Waals surface area contributed by atoms with Gasteiger partial charge >= 0.3 is 12.0 Å². The van der Waals surface area contributed by atoms with Crippen LogP contribution in [0.15, 0.2) is 18.3 Å². The molecular formula is C14H20N4O3. The summed E-state index contributed by atoms with van der Waals surface area (Å²) in [4.78, 5) is 30.8. The first-order valence-corrected chi connectivity index (χ1v) is 7.04. The van der Waals surface area contributed by atoms with Gasteiger partial charge in [-0.05, 0) is 25.5 Å². The van der Waals surface area contributed by atoms with Crippen molar-refractivity contribution in [2.24, 2.45) is 5.73 Å². The zero-order chi connectivity index (χ0) is 15.2. The number of hydrogen-bond acceptors (Lipinski definition) is 5. The lowest BCUT2D eigenvalue weighted by Crippen LogP contribution is -2.38. The number of esters is 1. The fraction of sp³-hybridized carbons (Fsp3) is 0.500. The number of hydrogen-bond donors (Lipinski definition) is 1. The van der Waals surface area contributed by atoms with Crippen molar-refractivity contribution in [1.82, 2.24) is 9.88 Å². The van der Waals surface area contributed by atoms with Crippen LogP contribution in [0.25, 0.3) is 0 Å². The molecule has 0 aromatic carbocycles. The number of carbonyl (C=O) groups excluding carboxylic acids is 2. The predicted molar refractivity (Wildman–Crippen MR) is 78.2 cm³/mol. The van der Waals surface area contributed by atoms with E-state index in [1.165, 1.54) is 6.20 Å². The molecule has 114 valence electrons. The zero-order valence-electron chi connectivity index (χ0n) is 12.1. The highest BCUT2D eigenvalue weighted by Gasteiger charge is 2.18. The number of amides is 2. The molecule has 7 heteroatoms. The van der Waals surface area contributed by atoms with Gasteiger partial charge in [-0.2, -0.15) is 0 Å². The molecule has 1 fully saturated rings. The minimum Gasteiger partial charge on any atom is -0.462 e. The summed E-state index contributed by atoms with van der Waals surface area (Å²) in [6, 6.07) is 3.12. The summed E-state index contributed by atoms with van der Waals surface area (Å²) in [5.74, 6) is 0.418. The molecule has 0 radical (unpaired) electrons. The van der Waals surface area contributed by atoms with Crippen LogP contribution in [0.3, 0.4) is 0 Å². The highest BCUT2D eigenvalue weighted by Crippen LogP contribution is 2.14. The average Bonchev–Trinajstić information content (AvgIpc) is 2.73. The van der Waals surface area contributed by atoms with Crippen LogP contribution >= 0.6 is 0 Å². The smallest absolute Gasteiger partial charge is 0.339 e. The largest absolute Gasteiger partial charge is 0.462 e. The summed E-state index contributed by atoms with van der Waals surface area (Å²) in [5.41, 5.74) is 5.74. The van der Waals surface area contributed by atoms with Crippen molar-refractivity contribution in [1.29, 1.82) is 0 Å². The molecule has 0 atom stereocenters. The van der Waals surface area contributed by atoms with E-state index in [0.717, 1.165) is 18.8 Å². The Bertz CT molecular complexity index is 503. The lowest BCUT2D eigenvalue weighted by molar-refractivity contribution is 0.0526. The predicted octanol–water partition coefficient (Wildman–Crippen LogP) is 0.849. The van der Waals surface area contributed by atoms with Gasteiger partial charge in [-0.25, -0.2) is 14.6 Å². The van der Waals surface area contributed by atoms with Crippen LogP contribution < -0.4 is 10.6 Å². The second kappa shape index (κ2) is 6.92. The summed E-state index contributed by atoms with van der Waals surface area (Å²) in [5, 5.41) is 0. The molecule has 0 unspecified atom stereocenters. The van der Waals surface area contributed by atoms with Crippen LogP contribution in [0.1, 0.15) is 23.7 Å². The number of rotatable bonds is 3. The Morgan fingerprint density at radius 3 is 2.71 bits per heavy atom. The molecule has 0 spiro atoms. The van der Waals surface area contributed by atoms with Gasteiger partial charge in [0.25, 0.3) is 0 Å². The summed E-state index contributed by atoms with van der Waals surface area (Å²) in [7, 11) is 0. The minimum absolute atomic E-state index is 0.343. The van der Waals surface area contributed by atoms with Crippen LogP contribution in [0.5, 0.6) is 0 Å². The van der Waals surface area contributed by atoms with Gasteiger partial charge in [0, 0.05) is 32.4 Å². The molecule has 2 rings (SSSR count). The van der Waals surface area contributed by atoms with Crippen molar-refractivity contribution in [3.05, 3.63) is 23.9 Å². The van der Waals surface area contributed by atoms with E-state index < -0.39 is 0 Å². The lowest BCUT2D eigenvalue weighted by atomic mass is 10.2. The Kier molecular flexibility index (Phi) is 4.97. The first-order chi connectivity index (χ1) is 10.1. The standard InChI is InChI=1S/C14H20N4O3/c1-2-21-13(19)11-4-5-12(16-10-11)17-6-3-7-18(9-8-17)14(15)20/h4-5,10H,2-3,6-9H2,1H3,(H2,15,20). The third-order valence-corrected chi connectivity index (χ3v) is 3.39. The molecule has 1 aromatic heterocycles. The molecular weight excluding hydrogens is 272 g/mol. The fourth-order valence-electron chi connectivity index (χ4n) is 2.28. The molecule has 1 aliphatic heterocycles. The van der Waals surface area contributed by atoms with E-state index in [1.807, 2.05) is 0 Å². The molecule has 7 nitrogen and oxygen atoms in total. The molecule has 0 aliphatic carbocycles. The van der Waals surface area contributed by atoms with Crippen molar-refractivity contribution in [2.75, 3.05) is 37.7 Å². The Balaban J connectivity index is 2.02. The number of aromatic nitrogens is 1. The van der Waals surface area contributed by atoms with Crippen molar-refractivity contribution in [3.63, 3.8) is 0 Å². The maximum absolute atomic E-state index is 11.6. The monoisotopic (exact) mass is 292 g/mol. The fourth-order valence-corrected chi connectivity index (χ4v) is 2.28. The first-order valence-electron chi connectivity index (χ1n) is 7.04. The zero-order valence-corrected chi connectivity index (χ0v) is 12.1. The molecule has 1 saturated heterocycles. The van der Waals surface area contributed by atoms with E-state index in [9.17, 15) is 9.59 Å². The van der Waals surface area contributed by atoms with Crippen LogP contribution in [0.2, 0.25) is 0 Å². The highest BCUT2D eigenvalue weighted by atomic mass is 16.5. The number of pyridine rings is 1. The second-order valence-corrected chi connectivity index (χ2v) is 4.79. The topological polar surface area (TPSA) is 88.8 Å².